The van der Waals surface area contributed by atoms with Gasteiger partial charge in [0.2, 0.25) is 0 Å². The zero-order valence-corrected chi connectivity index (χ0v) is 12.6. The van der Waals surface area contributed by atoms with Gasteiger partial charge >= 0.3 is 0 Å². The van der Waals surface area contributed by atoms with Crippen LogP contribution in [0, 0.1) is 6.92 Å². The van der Waals surface area contributed by atoms with Crippen LogP contribution in [0.1, 0.15) is 5.56 Å². The molecule has 0 amide bonds. The molecule has 0 saturated heterocycles. The van der Waals surface area contributed by atoms with Gasteiger partial charge in [0.15, 0.2) is 0 Å². The third-order valence-corrected chi connectivity index (χ3v) is 4.34. The number of nitrogens with zero attached hydrogens (tertiary/aromatic N) is 1. The Morgan fingerprint density at radius 2 is 1.95 bits per heavy atom. The minimum absolute atomic E-state index is 0.119. The smallest absolute Gasteiger partial charge is 0.262 e. The van der Waals surface area contributed by atoms with Crippen molar-refractivity contribution in [2.45, 2.75) is 11.8 Å². The van der Waals surface area contributed by atoms with Crippen molar-refractivity contribution >= 4 is 33.1 Å². The van der Waals surface area contributed by atoms with Crippen LogP contribution < -0.4 is 10.0 Å². The van der Waals surface area contributed by atoms with E-state index in [1.165, 1.54) is 18.3 Å². The van der Waals surface area contributed by atoms with Crippen molar-refractivity contribution < 1.29 is 8.42 Å². The van der Waals surface area contributed by atoms with Crippen molar-refractivity contribution in [2.75, 3.05) is 17.1 Å². The molecule has 106 valence electrons. The number of anilines is 2. The third-order valence-electron chi connectivity index (χ3n) is 2.67. The van der Waals surface area contributed by atoms with Crippen LogP contribution in [0.4, 0.5) is 11.5 Å². The molecule has 7 heteroatoms. The maximum Gasteiger partial charge on any atom is 0.262 e. The molecule has 0 bridgehead atoms. The minimum Gasteiger partial charge on any atom is -0.373 e. The largest absolute Gasteiger partial charge is 0.373 e. The molecule has 2 rings (SSSR count). The van der Waals surface area contributed by atoms with E-state index in [2.05, 4.69) is 15.0 Å². The zero-order chi connectivity index (χ0) is 14.8. The highest BCUT2D eigenvalue weighted by molar-refractivity contribution is 7.92. The molecule has 0 unspecified atom stereocenters. The van der Waals surface area contributed by atoms with E-state index in [4.69, 9.17) is 11.6 Å². The van der Waals surface area contributed by atoms with Gasteiger partial charge in [-0.25, -0.2) is 13.4 Å². The van der Waals surface area contributed by atoms with Crippen LogP contribution in [0.2, 0.25) is 5.02 Å². The maximum atomic E-state index is 12.3. The molecule has 5 nitrogen and oxygen atoms in total. The van der Waals surface area contributed by atoms with E-state index < -0.39 is 10.0 Å². The summed E-state index contributed by atoms with van der Waals surface area (Å²) in [5.74, 6) is 0.475. The molecular formula is C13H14ClN3O2S. The molecule has 0 aliphatic carbocycles. The Hall–Kier alpha value is -1.79. The van der Waals surface area contributed by atoms with Gasteiger partial charge in [0.25, 0.3) is 10.0 Å². The number of nitrogens with one attached hydrogen (secondary N) is 2. The lowest BCUT2D eigenvalue weighted by Gasteiger charge is -2.10. The summed E-state index contributed by atoms with van der Waals surface area (Å²) in [5, 5.41) is 3.15. The Morgan fingerprint density at radius 3 is 2.60 bits per heavy atom. The Balaban J connectivity index is 2.35. The van der Waals surface area contributed by atoms with E-state index in [1.54, 1.807) is 25.2 Å². The van der Waals surface area contributed by atoms with Gasteiger partial charge in [-0.3, -0.25) is 4.72 Å². The second-order valence-corrected chi connectivity index (χ2v) is 6.31. The summed E-state index contributed by atoms with van der Waals surface area (Å²) in [6.07, 6.45) is 1.43. The Labute approximate surface area is 123 Å². The van der Waals surface area contributed by atoms with Gasteiger partial charge in [0, 0.05) is 19.3 Å². The van der Waals surface area contributed by atoms with Crippen molar-refractivity contribution in [1.82, 2.24) is 4.98 Å². The van der Waals surface area contributed by atoms with Crippen molar-refractivity contribution in [2.24, 2.45) is 0 Å². The zero-order valence-electron chi connectivity index (χ0n) is 11.0. The summed E-state index contributed by atoms with van der Waals surface area (Å²) >= 11 is 6.03. The average molecular weight is 312 g/mol. The summed E-state index contributed by atoms with van der Waals surface area (Å²) in [4.78, 5) is 4.10. The number of sulfonamides is 1. The number of pyridine rings is 1. The monoisotopic (exact) mass is 311 g/mol. The van der Waals surface area contributed by atoms with Crippen LogP contribution in [0.3, 0.4) is 0 Å². The molecule has 0 aliphatic heterocycles. The first-order valence-electron chi connectivity index (χ1n) is 5.85. The van der Waals surface area contributed by atoms with Crippen LogP contribution in [0.25, 0.3) is 0 Å². The summed E-state index contributed by atoms with van der Waals surface area (Å²) < 4.78 is 27.0. The third kappa shape index (κ3) is 3.20. The number of halogens is 1. The van der Waals surface area contributed by atoms with Crippen LogP contribution in [0.5, 0.6) is 0 Å². The summed E-state index contributed by atoms with van der Waals surface area (Å²) in [6, 6.07) is 7.99. The molecule has 1 heterocycles. The van der Waals surface area contributed by atoms with Gasteiger partial charge in [-0.1, -0.05) is 17.7 Å². The van der Waals surface area contributed by atoms with E-state index in [9.17, 15) is 8.42 Å². The lowest BCUT2D eigenvalue weighted by molar-refractivity contribution is 0.601. The highest BCUT2D eigenvalue weighted by atomic mass is 35.5. The summed E-state index contributed by atoms with van der Waals surface area (Å²) in [6.45, 7) is 1.88. The molecular weight excluding hydrogens is 298 g/mol. The molecule has 0 saturated carbocycles. The molecule has 0 fully saturated rings. The molecule has 20 heavy (non-hydrogen) atoms. The highest BCUT2D eigenvalue weighted by Crippen LogP contribution is 2.25. The molecule has 0 radical (unpaired) electrons. The number of aromatic nitrogens is 1. The number of rotatable bonds is 4. The van der Waals surface area contributed by atoms with E-state index in [1.807, 2.05) is 6.92 Å². The fourth-order valence-corrected chi connectivity index (χ4v) is 3.05. The standard InChI is InChI=1S/C13H14ClN3O2S/c1-9-3-4-12(11(14)7-9)17-20(18,19)10-5-6-16-13(8-10)15-2/h3-8,17H,1-2H3,(H,15,16). The first kappa shape index (κ1) is 14.6. The Bertz CT molecular complexity index is 732. The van der Waals surface area contributed by atoms with Crippen molar-refractivity contribution in [3.8, 4) is 0 Å². The van der Waals surface area contributed by atoms with Crippen molar-refractivity contribution in [3.63, 3.8) is 0 Å². The van der Waals surface area contributed by atoms with Gasteiger partial charge in [0.05, 0.1) is 15.6 Å². The lowest BCUT2D eigenvalue weighted by atomic mass is 10.2. The predicted octanol–water partition coefficient (Wildman–Crippen LogP) is 2.89. The number of hydrogen-bond donors (Lipinski definition) is 2. The molecule has 1 aromatic heterocycles. The predicted molar refractivity (Wildman–Crippen MR) is 80.8 cm³/mol. The van der Waals surface area contributed by atoms with Gasteiger partial charge in [-0.2, -0.15) is 0 Å². The molecule has 0 aliphatic rings. The van der Waals surface area contributed by atoms with Crippen LogP contribution in [-0.2, 0) is 10.0 Å². The normalized spacial score (nSPS) is 11.2. The highest BCUT2D eigenvalue weighted by Gasteiger charge is 2.16. The minimum atomic E-state index is -3.70. The number of benzene rings is 1. The first-order valence-corrected chi connectivity index (χ1v) is 7.71. The lowest BCUT2D eigenvalue weighted by Crippen LogP contribution is -2.13. The number of aryl methyl sites for hydroxylation is 1. The quantitative estimate of drug-likeness (QED) is 0.911. The molecule has 1 aromatic carbocycles. The average Bonchev–Trinajstić information content (AvgIpc) is 2.42. The van der Waals surface area contributed by atoms with E-state index in [-0.39, 0.29) is 4.90 Å². The maximum absolute atomic E-state index is 12.3. The fourth-order valence-electron chi connectivity index (χ4n) is 1.62. The van der Waals surface area contributed by atoms with Crippen molar-refractivity contribution in [1.29, 1.82) is 0 Å². The topological polar surface area (TPSA) is 71.1 Å². The van der Waals surface area contributed by atoms with Crippen LogP contribution >= 0.6 is 11.6 Å². The first-order chi connectivity index (χ1) is 9.42. The van der Waals surface area contributed by atoms with Crippen molar-refractivity contribution in [3.05, 3.63) is 47.1 Å². The molecule has 0 atom stereocenters. The van der Waals surface area contributed by atoms with Gasteiger partial charge in [-0.15, -0.1) is 0 Å². The molecule has 2 N–H and O–H groups in total. The van der Waals surface area contributed by atoms with Crippen LogP contribution in [-0.4, -0.2) is 20.4 Å². The Morgan fingerprint density at radius 1 is 1.20 bits per heavy atom. The van der Waals surface area contributed by atoms with Gasteiger partial charge in [-0.05, 0) is 30.7 Å². The number of hydrogen-bond acceptors (Lipinski definition) is 4. The van der Waals surface area contributed by atoms with E-state index in [0.717, 1.165) is 5.56 Å². The SMILES string of the molecule is CNc1cc(S(=O)(=O)Nc2ccc(C)cc2Cl)ccn1. The summed E-state index contributed by atoms with van der Waals surface area (Å²) in [5.41, 5.74) is 1.31. The van der Waals surface area contributed by atoms with E-state index >= 15 is 0 Å². The molecule has 2 aromatic rings. The van der Waals surface area contributed by atoms with Crippen LogP contribution in [0.15, 0.2) is 41.4 Å². The fraction of sp³-hybridized carbons (Fsp3) is 0.154. The second-order valence-electron chi connectivity index (χ2n) is 4.22. The van der Waals surface area contributed by atoms with Gasteiger partial charge in [0.1, 0.15) is 5.82 Å². The second kappa shape index (κ2) is 5.68. The summed E-state index contributed by atoms with van der Waals surface area (Å²) in [7, 11) is -2.03. The Kier molecular flexibility index (Phi) is 4.15. The molecule has 0 spiro atoms. The van der Waals surface area contributed by atoms with E-state index in [0.29, 0.717) is 16.5 Å². The van der Waals surface area contributed by atoms with Gasteiger partial charge < -0.3 is 5.32 Å².